The van der Waals surface area contributed by atoms with Gasteiger partial charge in [-0.3, -0.25) is 4.90 Å². The van der Waals surface area contributed by atoms with E-state index in [0.717, 1.165) is 4.90 Å². The van der Waals surface area contributed by atoms with Crippen molar-refractivity contribution in [2.75, 3.05) is 0 Å². The van der Waals surface area contributed by atoms with E-state index < -0.39 is 36.4 Å². The summed E-state index contributed by atoms with van der Waals surface area (Å²) < 4.78 is 0. The standard InChI is InChI=1S/C9H14N4O4/c1-3(2)4(7(14)15)13-6-5(11-9(13)17)10-8(16)12-6/h3-6H,1-2H3,(H,11,17)(H,14,15)(H2,10,12,16)/p-1/t4-,5-,6+/m0/s1. The average molecular weight is 241 g/mol. The van der Waals surface area contributed by atoms with Gasteiger partial charge < -0.3 is 25.9 Å². The largest absolute Gasteiger partial charge is 0.548 e. The number of aliphatic carboxylic acids is 1. The molecule has 0 saturated carbocycles. The molecule has 0 aromatic heterocycles. The highest BCUT2D eigenvalue weighted by atomic mass is 16.4. The molecule has 2 aliphatic heterocycles. The number of carbonyl (C=O) groups is 3. The molecule has 0 aromatic rings. The Hall–Kier alpha value is -1.99. The molecule has 0 spiro atoms. The third kappa shape index (κ3) is 1.75. The second kappa shape index (κ2) is 3.79. The lowest BCUT2D eigenvalue weighted by Gasteiger charge is -2.34. The van der Waals surface area contributed by atoms with E-state index in [9.17, 15) is 19.5 Å². The molecule has 3 atom stereocenters. The zero-order chi connectivity index (χ0) is 12.7. The van der Waals surface area contributed by atoms with Gasteiger partial charge >= 0.3 is 12.1 Å². The van der Waals surface area contributed by atoms with Crippen LogP contribution in [0.4, 0.5) is 9.59 Å². The Morgan fingerprint density at radius 3 is 2.47 bits per heavy atom. The minimum Gasteiger partial charge on any atom is -0.548 e. The zero-order valence-electron chi connectivity index (χ0n) is 9.39. The first-order chi connectivity index (χ1) is 7.91. The lowest BCUT2D eigenvalue weighted by molar-refractivity contribution is -0.312. The maximum absolute atomic E-state index is 11.7. The lowest BCUT2D eigenvalue weighted by Crippen LogP contribution is -2.57. The van der Waals surface area contributed by atoms with Gasteiger partial charge in [0.1, 0.15) is 12.3 Å². The highest BCUT2D eigenvalue weighted by Gasteiger charge is 2.49. The van der Waals surface area contributed by atoms with Crippen LogP contribution < -0.4 is 21.1 Å². The van der Waals surface area contributed by atoms with Crippen molar-refractivity contribution in [3.63, 3.8) is 0 Å². The quantitative estimate of drug-likeness (QED) is 0.518. The van der Waals surface area contributed by atoms with Crippen LogP contribution in [-0.2, 0) is 4.79 Å². The summed E-state index contributed by atoms with van der Waals surface area (Å²) in [7, 11) is 0. The molecule has 2 heterocycles. The molecule has 3 N–H and O–H groups in total. The maximum atomic E-state index is 11.7. The Morgan fingerprint density at radius 2 is 1.94 bits per heavy atom. The summed E-state index contributed by atoms with van der Waals surface area (Å²) in [5.41, 5.74) is 0. The highest BCUT2D eigenvalue weighted by molar-refractivity contribution is 5.88. The molecule has 94 valence electrons. The molecule has 0 aliphatic carbocycles. The van der Waals surface area contributed by atoms with E-state index in [2.05, 4.69) is 16.0 Å². The summed E-state index contributed by atoms with van der Waals surface area (Å²) in [5.74, 6) is -1.65. The number of fused-ring (bicyclic) bond motifs is 1. The minimum atomic E-state index is -1.34. The summed E-state index contributed by atoms with van der Waals surface area (Å²) in [6, 6.07) is -2.05. The van der Waals surface area contributed by atoms with E-state index in [1.54, 1.807) is 13.8 Å². The summed E-state index contributed by atoms with van der Waals surface area (Å²) in [6.45, 7) is 3.34. The van der Waals surface area contributed by atoms with Crippen LogP contribution in [0.25, 0.3) is 0 Å². The van der Waals surface area contributed by atoms with Crippen molar-refractivity contribution in [1.82, 2.24) is 20.9 Å². The molecule has 2 fully saturated rings. The highest BCUT2D eigenvalue weighted by Crippen LogP contribution is 2.21. The lowest BCUT2D eigenvalue weighted by atomic mass is 10.0. The van der Waals surface area contributed by atoms with Crippen molar-refractivity contribution < 1.29 is 19.5 Å². The molecule has 8 heteroatoms. The average Bonchev–Trinajstić information content (AvgIpc) is 2.64. The summed E-state index contributed by atoms with van der Waals surface area (Å²) in [5, 5.41) is 18.5. The van der Waals surface area contributed by atoms with Crippen LogP contribution in [0.15, 0.2) is 0 Å². The third-order valence-corrected chi connectivity index (χ3v) is 2.87. The number of carboxylic acid groups (broad SMARTS) is 1. The molecule has 0 radical (unpaired) electrons. The summed E-state index contributed by atoms with van der Waals surface area (Å²) in [4.78, 5) is 35.0. The number of carboxylic acids is 1. The van der Waals surface area contributed by atoms with Gasteiger partial charge in [0.2, 0.25) is 0 Å². The van der Waals surface area contributed by atoms with Gasteiger partial charge in [0, 0.05) is 0 Å². The Bertz CT molecular complexity index is 383. The van der Waals surface area contributed by atoms with Crippen LogP contribution >= 0.6 is 0 Å². The van der Waals surface area contributed by atoms with Gasteiger partial charge in [-0.1, -0.05) is 13.8 Å². The van der Waals surface area contributed by atoms with Gasteiger partial charge in [-0.05, 0) is 5.92 Å². The molecule has 2 rings (SSSR count). The number of rotatable bonds is 3. The second-order valence-electron chi connectivity index (χ2n) is 4.40. The van der Waals surface area contributed by atoms with Crippen LogP contribution in [0.5, 0.6) is 0 Å². The van der Waals surface area contributed by atoms with E-state index in [4.69, 9.17) is 0 Å². The third-order valence-electron chi connectivity index (χ3n) is 2.87. The Balaban J connectivity index is 2.26. The number of carbonyl (C=O) groups excluding carboxylic acids is 3. The van der Waals surface area contributed by atoms with Crippen molar-refractivity contribution in [3.05, 3.63) is 0 Å². The van der Waals surface area contributed by atoms with Crippen molar-refractivity contribution in [3.8, 4) is 0 Å². The van der Waals surface area contributed by atoms with Crippen molar-refractivity contribution in [2.24, 2.45) is 5.92 Å². The van der Waals surface area contributed by atoms with Crippen molar-refractivity contribution in [1.29, 1.82) is 0 Å². The van der Waals surface area contributed by atoms with Crippen molar-refractivity contribution >= 4 is 18.0 Å². The number of urea groups is 2. The van der Waals surface area contributed by atoms with Crippen molar-refractivity contribution in [2.45, 2.75) is 32.2 Å². The van der Waals surface area contributed by atoms with Crippen LogP contribution in [0.3, 0.4) is 0 Å². The van der Waals surface area contributed by atoms with Gasteiger partial charge in [0.25, 0.3) is 0 Å². The maximum Gasteiger partial charge on any atom is 0.321 e. The second-order valence-corrected chi connectivity index (χ2v) is 4.40. The number of hydrogen-bond donors (Lipinski definition) is 3. The van der Waals surface area contributed by atoms with Gasteiger partial charge in [-0.25, -0.2) is 9.59 Å². The van der Waals surface area contributed by atoms with Crippen LogP contribution in [0.1, 0.15) is 13.8 Å². The van der Waals surface area contributed by atoms with Gasteiger partial charge in [-0.15, -0.1) is 0 Å². The van der Waals surface area contributed by atoms with E-state index in [1.165, 1.54) is 0 Å². The summed E-state index contributed by atoms with van der Waals surface area (Å²) >= 11 is 0. The molecular weight excluding hydrogens is 228 g/mol. The van der Waals surface area contributed by atoms with Gasteiger partial charge in [-0.2, -0.15) is 0 Å². The molecule has 4 amide bonds. The zero-order valence-corrected chi connectivity index (χ0v) is 9.39. The fourth-order valence-corrected chi connectivity index (χ4v) is 2.16. The van der Waals surface area contributed by atoms with E-state index in [1.807, 2.05) is 0 Å². The van der Waals surface area contributed by atoms with Gasteiger partial charge in [0.15, 0.2) is 0 Å². The smallest absolute Gasteiger partial charge is 0.321 e. The van der Waals surface area contributed by atoms with E-state index in [0.29, 0.717) is 0 Å². The summed E-state index contributed by atoms with van der Waals surface area (Å²) in [6.07, 6.45) is -1.30. The SMILES string of the molecule is CC(C)[C@@H](C(=O)[O-])N1C(=O)N[C@@H]2NC(=O)N[C@@H]21. The Morgan fingerprint density at radius 1 is 1.29 bits per heavy atom. The molecular formula is C9H13N4O4-. The fourth-order valence-electron chi connectivity index (χ4n) is 2.16. The molecule has 0 bridgehead atoms. The Kier molecular flexibility index (Phi) is 2.56. The molecule has 17 heavy (non-hydrogen) atoms. The van der Waals surface area contributed by atoms with E-state index >= 15 is 0 Å². The predicted molar refractivity (Wildman–Crippen MR) is 53.2 cm³/mol. The Labute approximate surface area is 97.3 Å². The van der Waals surface area contributed by atoms with Crippen LogP contribution in [0, 0.1) is 5.92 Å². The first-order valence-electron chi connectivity index (χ1n) is 5.28. The normalized spacial score (nSPS) is 28.5. The molecule has 2 aliphatic rings. The van der Waals surface area contributed by atoms with E-state index in [-0.39, 0.29) is 5.92 Å². The monoisotopic (exact) mass is 241 g/mol. The number of nitrogens with zero attached hydrogens (tertiary/aromatic N) is 1. The fraction of sp³-hybridized carbons (Fsp3) is 0.667. The van der Waals surface area contributed by atoms with Crippen LogP contribution in [0.2, 0.25) is 0 Å². The first-order valence-corrected chi connectivity index (χ1v) is 5.28. The molecule has 0 unspecified atom stereocenters. The topological polar surface area (TPSA) is 114 Å². The predicted octanol–water partition coefficient (Wildman–Crippen LogP) is -2.25. The minimum absolute atomic E-state index is 0.318. The molecule has 2 saturated heterocycles. The number of amides is 4. The molecule has 0 aromatic carbocycles. The molecule has 8 nitrogen and oxygen atoms in total. The number of nitrogens with one attached hydrogen (secondary N) is 3. The number of hydrogen-bond acceptors (Lipinski definition) is 4. The van der Waals surface area contributed by atoms with Crippen LogP contribution in [-0.4, -0.2) is 41.3 Å². The van der Waals surface area contributed by atoms with Gasteiger partial charge in [0.05, 0.1) is 12.0 Å². The first kappa shape index (κ1) is 11.5.